The number of carbonyl (C=O) groups excluding carboxylic acids is 1. The number of piperidine rings is 1. The van der Waals surface area contributed by atoms with Crippen LogP contribution >= 0.6 is 0 Å². The number of pyridine rings is 1. The molecule has 0 radical (unpaired) electrons. The summed E-state index contributed by atoms with van der Waals surface area (Å²) in [4.78, 5) is 29.5. The third kappa shape index (κ3) is 4.72. The Morgan fingerprint density at radius 3 is 2.77 bits per heavy atom. The number of fused-ring (bicyclic) bond motifs is 1. The molecule has 1 aromatic rings. The Bertz CT molecular complexity index is 669. The molecule has 1 fully saturated rings. The highest BCUT2D eigenvalue weighted by Gasteiger charge is 2.35. The average Bonchev–Trinajstić information content (AvgIpc) is 2.61. The molecule has 7 heteroatoms. The predicted octanol–water partition coefficient (Wildman–Crippen LogP) is 1.59. The monoisotopic (exact) mass is 361 g/mol. The van der Waals surface area contributed by atoms with E-state index in [1.165, 1.54) is 5.56 Å². The largest absolute Gasteiger partial charge is 0.481 e. The fourth-order valence-corrected chi connectivity index (χ4v) is 3.72. The molecule has 142 valence electrons. The number of likely N-dealkylation sites (tertiary alicyclic amines) is 1. The predicted molar refractivity (Wildman–Crippen MR) is 97.0 cm³/mol. The van der Waals surface area contributed by atoms with Crippen molar-refractivity contribution in [3.63, 3.8) is 0 Å². The van der Waals surface area contributed by atoms with Gasteiger partial charge in [0.1, 0.15) is 5.82 Å². The summed E-state index contributed by atoms with van der Waals surface area (Å²) in [7, 11) is 0. The smallest absolute Gasteiger partial charge is 0.306 e. The summed E-state index contributed by atoms with van der Waals surface area (Å²) >= 11 is 0. The number of carbonyl (C=O) groups is 2. The zero-order valence-corrected chi connectivity index (χ0v) is 15.0. The van der Waals surface area contributed by atoms with E-state index in [0.29, 0.717) is 32.4 Å². The first-order valence-corrected chi connectivity index (χ1v) is 9.40. The fraction of sp³-hybridized carbons (Fsp3) is 0.632. The van der Waals surface area contributed by atoms with E-state index in [-0.39, 0.29) is 12.3 Å². The highest BCUT2D eigenvalue weighted by atomic mass is 16.4. The molecule has 3 N–H and O–H groups in total. The van der Waals surface area contributed by atoms with Gasteiger partial charge in [-0.25, -0.2) is 4.98 Å². The lowest BCUT2D eigenvalue weighted by molar-refractivity contribution is -0.146. The Kier molecular flexibility index (Phi) is 5.76. The maximum absolute atomic E-state index is 12.3. The Morgan fingerprint density at radius 1 is 1.27 bits per heavy atom. The molecule has 3 rings (SSSR count). The summed E-state index contributed by atoms with van der Waals surface area (Å²) in [6, 6.07) is 4.17. The standard InChI is InChI=1S/C19H27N3O4/c23-16(22-11-8-19(26,9-12-22)13-17(24)25)5-1-4-15-7-6-14-3-2-10-20-18(14)21-15/h6-7,26H,1-5,8-13H2,(H,20,21)(H,24,25). The van der Waals surface area contributed by atoms with Gasteiger partial charge in [-0.3, -0.25) is 9.59 Å². The summed E-state index contributed by atoms with van der Waals surface area (Å²) in [6.07, 6.45) is 4.54. The van der Waals surface area contributed by atoms with E-state index in [1.807, 2.05) is 6.07 Å². The van der Waals surface area contributed by atoms with E-state index in [0.717, 1.165) is 43.7 Å². The molecule has 1 saturated heterocycles. The summed E-state index contributed by atoms with van der Waals surface area (Å²) in [5.41, 5.74) is 1.08. The van der Waals surface area contributed by atoms with Crippen LogP contribution in [0.3, 0.4) is 0 Å². The van der Waals surface area contributed by atoms with Crippen molar-refractivity contribution in [1.29, 1.82) is 0 Å². The first-order chi connectivity index (χ1) is 12.5. The van der Waals surface area contributed by atoms with E-state index >= 15 is 0 Å². The summed E-state index contributed by atoms with van der Waals surface area (Å²) < 4.78 is 0. The van der Waals surface area contributed by atoms with Crippen LogP contribution in [0.15, 0.2) is 12.1 Å². The fourth-order valence-electron chi connectivity index (χ4n) is 3.72. The van der Waals surface area contributed by atoms with Gasteiger partial charge in [0.25, 0.3) is 0 Å². The average molecular weight is 361 g/mol. The van der Waals surface area contributed by atoms with Crippen molar-refractivity contribution in [3.05, 3.63) is 23.4 Å². The molecule has 2 aliphatic rings. The second-order valence-corrected chi connectivity index (χ2v) is 7.37. The minimum absolute atomic E-state index is 0.0680. The van der Waals surface area contributed by atoms with Gasteiger partial charge in [-0.2, -0.15) is 0 Å². The van der Waals surface area contributed by atoms with E-state index in [1.54, 1.807) is 4.90 Å². The lowest BCUT2D eigenvalue weighted by Gasteiger charge is -2.37. The van der Waals surface area contributed by atoms with Crippen LogP contribution in [0.4, 0.5) is 5.82 Å². The summed E-state index contributed by atoms with van der Waals surface area (Å²) in [5.74, 6) is 0.0478. The van der Waals surface area contributed by atoms with Crippen molar-refractivity contribution in [2.75, 3.05) is 25.0 Å². The number of aryl methyl sites for hydroxylation is 2. The zero-order chi connectivity index (χ0) is 18.6. The molecular weight excluding hydrogens is 334 g/mol. The first-order valence-electron chi connectivity index (χ1n) is 9.40. The number of anilines is 1. The van der Waals surface area contributed by atoms with Gasteiger partial charge >= 0.3 is 5.97 Å². The number of amides is 1. The van der Waals surface area contributed by atoms with Gasteiger partial charge in [-0.1, -0.05) is 6.07 Å². The molecular formula is C19H27N3O4. The molecule has 0 spiro atoms. The first kappa shape index (κ1) is 18.6. The molecule has 0 aromatic carbocycles. The molecule has 0 unspecified atom stereocenters. The Labute approximate surface area is 153 Å². The maximum Gasteiger partial charge on any atom is 0.306 e. The maximum atomic E-state index is 12.3. The molecule has 7 nitrogen and oxygen atoms in total. The van der Waals surface area contributed by atoms with Crippen molar-refractivity contribution in [1.82, 2.24) is 9.88 Å². The second kappa shape index (κ2) is 8.03. The number of aromatic nitrogens is 1. The van der Waals surface area contributed by atoms with Crippen LogP contribution in [-0.4, -0.2) is 57.2 Å². The minimum atomic E-state index is -1.18. The van der Waals surface area contributed by atoms with Gasteiger partial charge in [0, 0.05) is 31.7 Å². The van der Waals surface area contributed by atoms with Gasteiger partial charge in [-0.15, -0.1) is 0 Å². The van der Waals surface area contributed by atoms with Gasteiger partial charge in [0.2, 0.25) is 5.91 Å². The van der Waals surface area contributed by atoms with Crippen LogP contribution in [0.2, 0.25) is 0 Å². The highest BCUT2D eigenvalue weighted by molar-refractivity contribution is 5.76. The number of aliphatic hydroxyl groups is 1. The van der Waals surface area contributed by atoms with Gasteiger partial charge < -0.3 is 20.4 Å². The number of aliphatic carboxylic acids is 1. The summed E-state index contributed by atoms with van der Waals surface area (Å²) in [6.45, 7) is 1.80. The Morgan fingerprint density at radius 2 is 2.04 bits per heavy atom. The Balaban J connectivity index is 1.43. The molecule has 3 heterocycles. The van der Waals surface area contributed by atoms with E-state index < -0.39 is 11.6 Å². The van der Waals surface area contributed by atoms with Gasteiger partial charge in [0.05, 0.1) is 12.0 Å². The number of carboxylic acids is 1. The Hall–Kier alpha value is -2.15. The van der Waals surface area contributed by atoms with Crippen molar-refractivity contribution < 1.29 is 19.8 Å². The van der Waals surface area contributed by atoms with Crippen LogP contribution in [-0.2, 0) is 22.4 Å². The third-order valence-corrected chi connectivity index (χ3v) is 5.30. The molecule has 2 aliphatic heterocycles. The van der Waals surface area contributed by atoms with Crippen LogP contribution in [0.5, 0.6) is 0 Å². The summed E-state index contributed by atoms with van der Waals surface area (Å²) in [5, 5.41) is 22.4. The number of nitrogens with one attached hydrogen (secondary N) is 1. The number of hydrogen-bond donors (Lipinski definition) is 3. The quantitative estimate of drug-likeness (QED) is 0.711. The number of carboxylic acid groups (broad SMARTS) is 1. The topological polar surface area (TPSA) is 103 Å². The zero-order valence-electron chi connectivity index (χ0n) is 15.0. The highest BCUT2D eigenvalue weighted by Crippen LogP contribution is 2.26. The lowest BCUT2D eigenvalue weighted by Crippen LogP contribution is -2.47. The van der Waals surface area contributed by atoms with Crippen molar-refractivity contribution in [3.8, 4) is 0 Å². The number of nitrogens with zero attached hydrogens (tertiary/aromatic N) is 2. The molecule has 1 amide bonds. The molecule has 1 aromatic heterocycles. The van der Waals surface area contributed by atoms with Gasteiger partial charge in [-0.05, 0) is 50.2 Å². The molecule has 26 heavy (non-hydrogen) atoms. The van der Waals surface area contributed by atoms with Crippen molar-refractivity contribution in [2.24, 2.45) is 0 Å². The number of rotatable bonds is 6. The number of hydrogen-bond acceptors (Lipinski definition) is 5. The lowest BCUT2D eigenvalue weighted by atomic mass is 9.88. The van der Waals surface area contributed by atoms with Crippen LogP contribution in [0.1, 0.15) is 49.8 Å². The van der Waals surface area contributed by atoms with Gasteiger partial charge in [0.15, 0.2) is 0 Å². The minimum Gasteiger partial charge on any atom is -0.481 e. The molecule has 0 saturated carbocycles. The second-order valence-electron chi connectivity index (χ2n) is 7.37. The van der Waals surface area contributed by atoms with E-state index in [9.17, 15) is 14.7 Å². The van der Waals surface area contributed by atoms with Crippen LogP contribution in [0.25, 0.3) is 0 Å². The molecule has 0 bridgehead atoms. The van der Waals surface area contributed by atoms with Crippen LogP contribution in [0, 0.1) is 0 Å². The van der Waals surface area contributed by atoms with Crippen LogP contribution < -0.4 is 5.32 Å². The van der Waals surface area contributed by atoms with Crippen molar-refractivity contribution in [2.45, 2.75) is 57.0 Å². The molecule has 0 aliphatic carbocycles. The van der Waals surface area contributed by atoms with E-state index in [2.05, 4.69) is 16.4 Å². The van der Waals surface area contributed by atoms with Crippen molar-refractivity contribution >= 4 is 17.7 Å². The molecule has 0 atom stereocenters. The normalized spacial score (nSPS) is 18.7. The third-order valence-electron chi connectivity index (χ3n) is 5.30. The van der Waals surface area contributed by atoms with E-state index in [4.69, 9.17) is 5.11 Å². The SMILES string of the molecule is O=C(O)CC1(O)CCN(C(=O)CCCc2ccc3c(n2)NCCC3)CC1.